The Kier molecular flexibility index (Phi) is 7.95. The average molecular weight is 505 g/mol. The van der Waals surface area contributed by atoms with Crippen molar-refractivity contribution in [3.63, 3.8) is 0 Å². The molecule has 1 saturated heterocycles. The van der Waals surface area contributed by atoms with E-state index in [1.54, 1.807) is 38.2 Å². The number of likely N-dealkylation sites (N-methyl/N-ethyl adjacent to an activating group) is 1. The number of esters is 1. The molecular weight excluding hydrogens is 476 g/mol. The second-order valence-electron chi connectivity index (χ2n) is 7.86. The minimum atomic E-state index is -0.378. The summed E-state index contributed by atoms with van der Waals surface area (Å²) in [4.78, 5) is 31.7. The Bertz CT molecular complexity index is 1340. The molecule has 0 unspecified atom stereocenters. The Morgan fingerprint density at radius 1 is 0.972 bits per heavy atom. The molecule has 1 amide bonds. The van der Waals surface area contributed by atoms with Crippen molar-refractivity contribution in [2.45, 2.75) is 20.8 Å². The summed E-state index contributed by atoms with van der Waals surface area (Å²) < 4.78 is 16.6. The van der Waals surface area contributed by atoms with Gasteiger partial charge in [-0.25, -0.2) is 9.79 Å². The van der Waals surface area contributed by atoms with Crippen molar-refractivity contribution in [2.75, 3.05) is 26.9 Å². The van der Waals surface area contributed by atoms with Crippen LogP contribution in [-0.2, 0) is 9.53 Å². The first kappa shape index (κ1) is 25.3. The Morgan fingerprint density at radius 2 is 1.69 bits per heavy atom. The van der Waals surface area contributed by atoms with Crippen molar-refractivity contribution >= 4 is 51.3 Å². The number of thioether (sulfide) groups is 1. The third-order valence-corrected chi connectivity index (χ3v) is 6.55. The third-order valence-electron chi connectivity index (χ3n) is 5.49. The maximum atomic E-state index is 13.1. The number of rotatable bonds is 8. The largest absolute Gasteiger partial charge is 0.494 e. The smallest absolute Gasteiger partial charge is 0.338 e. The molecule has 0 radical (unpaired) electrons. The zero-order valence-corrected chi connectivity index (χ0v) is 21.6. The number of amidine groups is 1. The summed E-state index contributed by atoms with van der Waals surface area (Å²) in [6, 6.07) is 16.6. The summed E-state index contributed by atoms with van der Waals surface area (Å²) in [5.41, 5.74) is 1.91. The number of nitrogens with zero attached hydrogens (tertiary/aromatic N) is 2. The molecule has 0 bridgehead atoms. The van der Waals surface area contributed by atoms with E-state index in [1.165, 1.54) is 16.7 Å². The first-order chi connectivity index (χ1) is 17.4. The van der Waals surface area contributed by atoms with Gasteiger partial charge in [0.15, 0.2) is 5.17 Å². The minimum Gasteiger partial charge on any atom is -0.494 e. The van der Waals surface area contributed by atoms with E-state index < -0.39 is 0 Å². The van der Waals surface area contributed by atoms with Crippen LogP contribution >= 0.6 is 11.8 Å². The molecule has 0 N–H and O–H groups in total. The Labute approximate surface area is 214 Å². The van der Waals surface area contributed by atoms with E-state index in [9.17, 15) is 9.59 Å². The van der Waals surface area contributed by atoms with E-state index in [1.807, 2.05) is 50.3 Å². The highest BCUT2D eigenvalue weighted by Crippen LogP contribution is 2.38. The van der Waals surface area contributed by atoms with Gasteiger partial charge in [0.25, 0.3) is 5.91 Å². The summed E-state index contributed by atoms with van der Waals surface area (Å²) in [6.45, 7) is 7.02. The van der Waals surface area contributed by atoms with Crippen LogP contribution in [0.15, 0.2) is 64.5 Å². The van der Waals surface area contributed by atoms with Crippen LogP contribution in [0.1, 0.15) is 36.7 Å². The fraction of sp³-hybridized carbons (Fsp3) is 0.250. The predicted octanol–water partition coefficient (Wildman–Crippen LogP) is 6.05. The molecule has 1 heterocycles. The number of benzene rings is 3. The van der Waals surface area contributed by atoms with E-state index >= 15 is 0 Å². The van der Waals surface area contributed by atoms with Crippen molar-refractivity contribution in [1.82, 2.24) is 4.90 Å². The van der Waals surface area contributed by atoms with Gasteiger partial charge >= 0.3 is 5.97 Å². The number of carbonyl (C=O) groups excluding carboxylic acids is 2. The van der Waals surface area contributed by atoms with Crippen molar-refractivity contribution in [3.8, 4) is 11.5 Å². The zero-order chi connectivity index (χ0) is 25.7. The molecule has 1 aliphatic heterocycles. The summed E-state index contributed by atoms with van der Waals surface area (Å²) in [7, 11) is 1.70. The molecule has 4 rings (SSSR count). The third kappa shape index (κ3) is 5.39. The second-order valence-corrected chi connectivity index (χ2v) is 8.87. The summed E-state index contributed by atoms with van der Waals surface area (Å²) in [6.07, 6.45) is 1.86. The molecule has 0 spiro atoms. The number of fused-ring (bicyclic) bond motifs is 1. The molecule has 3 aromatic rings. The van der Waals surface area contributed by atoms with Crippen LogP contribution in [0.2, 0.25) is 0 Å². The van der Waals surface area contributed by atoms with Crippen LogP contribution in [0, 0.1) is 0 Å². The second kappa shape index (κ2) is 11.3. The van der Waals surface area contributed by atoms with Crippen molar-refractivity contribution in [2.24, 2.45) is 4.99 Å². The van der Waals surface area contributed by atoms with Gasteiger partial charge in [0, 0.05) is 12.6 Å². The molecule has 7 nitrogen and oxygen atoms in total. The van der Waals surface area contributed by atoms with Crippen LogP contribution in [-0.4, -0.2) is 48.8 Å². The lowest BCUT2D eigenvalue weighted by Gasteiger charge is -2.12. The van der Waals surface area contributed by atoms with Gasteiger partial charge in [-0.3, -0.25) is 9.69 Å². The first-order valence-electron chi connectivity index (χ1n) is 11.8. The van der Waals surface area contributed by atoms with Crippen LogP contribution < -0.4 is 9.47 Å². The molecule has 0 saturated carbocycles. The minimum absolute atomic E-state index is 0.151. The van der Waals surface area contributed by atoms with Crippen LogP contribution in [0.5, 0.6) is 11.5 Å². The summed E-state index contributed by atoms with van der Waals surface area (Å²) in [5.74, 6) is 0.927. The SMILES string of the molecule is CCOC(=O)c1ccc(N=C2S/C(=C\c3c(OCC)ccc4ccc(OCC)cc34)C(=O)N2C)cc1. The molecule has 0 atom stereocenters. The fourth-order valence-electron chi connectivity index (χ4n) is 3.77. The first-order valence-corrected chi connectivity index (χ1v) is 12.6. The molecule has 0 aromatic heterocycles. The molecular formula is C28H28N2O5S. The Hall–Kier alpha value is -3.78. The molecule has 186 valence electrons. The van der Waals surface area contributed by atoms with Crippen LogP contribution in [0.3, 0.4) is 0 Å². The van der Waals surface area contributed by atoms with E-state index in [2.05, 4.69) is 4.99 Å². The topological polar surface area (TPSA) is 77.4 Å². The quantitative estimate of drug-likeness (QED) is 0.275. The van der Waals surface area contributed by atoms with Gasteiger partial charge in [0.2, 0.25) is 0 Å². The standard InChI is InChI=1S/C28H28N2O5S/c1-5-33-21-14-10-18-11-15-24(34-6-2)23(22(18)16-21)17-25-26(31)30(4)28(36-25)29-20-12-8-19(9-13-20)27(32)35-7-3/h8-17H,5-7H2,1-4H3/b25-17-,29-28?. The Balaban J connectivity index is 1.70. The number of hydrogen-bond donors (Lipinski definition) is 0. The van der Waals surface area contributed by atoms with Gasteiger partial charge in [0.05, 0.1) is 36.0 Å². The lowest BCUT2D eigenvalue weighted by molar-refractivity contribution is -0.121. The van der Waals surface area contributed by atoms with Gasteiger partial charge in [-0.1, -0.05) is 12.1 Å². The van der Waals surface area contributed by atoms with E-state index in [-0.39, 0.29) is 11.9 Å². The molecule has 3 aromatic carbocycles. The van der Waals surface area contributed by atoms with Gasteiger partial charge in [-0.05, 0) is 91.8 Å². The maximum Gasteiger partial charge on any atom is 0.338 e. The van der Waals surface area contributed by atoms with Gasteiger partial charge in [0.1, 0.15) is 11.5 Å². The van der Waals surface area contributed by atoms with Crippen molar-refractivity contribution in [1.29, 1.82) is 0 Å². The number of ether oxygens (including phenoxy) is 3. The zero-order valence-electron chi connectivity index (χ0n) is 20.7. The average Bonchev–Trinajstić information content (AvgIpc) is 3.14. The highest BCUT2D eigenvalue weighted by atomic mass is 32.2. The normalized spacial score (nSPS) is 15.7. The summed E-state index contributed by atoms with van der Waals surface area (Å²) in [5, 5.41) is 2.51. The van der Waals surface area contributed by atoms with E-state index in [0.29, 0.717) is 46.9 Å². The predicted molar refractivity (Wildman–Crippen MR) is 144 cm³/mol. The number of hydrogen-bond acceptors (Lipinski definition) is 7. The number of aliphatic imine (C=N–C) groups is 1. The van der Waals surface area contributed by atoms with E-state index in [0.717, 1.165) is 22.1 Å². The molecule has 1 aliphatic rings. The van der Waals surface area contributed by atoms with E-state index in [4.69, 9.17) is 14.2 Å². The van der Waals surface area contributed by atoms with Crippen molar-refractivity contribution in [3.05, 3.63) is 70.6 Å². The number of carbonyl (C=O) groups is 2. The number of amides is 1. The molecule has 1 fully saturated rings. The highest BCUT2D eigenvalue weighted by Gasteiger charge is 2.31. The molecule has 0 aliphatic carbocycles. The molecule has 8 heteroatoms. The van der Waals surface area contributed by atoms with Gasteiger partial charge in [-0.15, -0.1) is 0 Å². The summed E-state index contributed by atoms with van der Waals surface area (Å²) >= 11 is 1.29. The Morgan fingerprint density at radius 3 is 2.39 bits per heavy atom. The lowest BCUT2D eigenvalue weighted by atomic mass is 10.0. The van der Waals surface area contributed by atoms with Crippen LogP contribution in [0.4, 0.5) is 5.69 Å². The monoisotopic (exact) mass is 504 g/mol. The fourth-order valence-corrected chi connectivity index (χ4v) is 4.74. The van der Waals surface area contributed by atoms with Crippen molar-refractivity contribution < 1.29 is 23.8 Å². The lowest BCUT2D eigenvalue weighted by Crippen LogP contribution is -2.23. The van der Waals surface area contributed by atoms with Gasteiger partial charge in [-0.2, -0.15) is 0 Å². The molecule has 36 heavy (non-hydrogen) atoms. The maximum absolute atomic E-state index is 13.1. The van der Waals surface area contributed by atoms with Crippen LogP contribution in [0.25, 0.3) is 16.8 Å². The highest BCUT2D eigenvalue weighted by molar-refractivity contribution is 8.18. The van der Waals surface area contributed by atoms with Gasteiger partial charge < -0.3 is 14.2 Å².